The maximum atomic E-state index is 5.20. The van der Waals surface area contributed by atoms with Gasteiger partial charge in [0, 0.05) is 19.1 Å². The van der Waals surface area contributed by atoms with Crippen LogP contribution in [0.3, 0.4) is 0 Å². The van der Waals surface area contributed by atoms with Crippen molar-refractivity contribution in [2.75, 3.05) is 20.2 Å². The molecule has 17 heavy (non-hydrogen) atoms. The zero-order chi connectivity index (χ0) is 12.7. The summed E-state index contributed by atoms with van der Waals surface area (Å²) in [5.74, 6) is 0.870. The van der Waals surface area contributed by atoms with Crippen molar-refractivity contribution in [3.05, 3.63) is 28.2 Å². The van der Waals surface area contributed by atoms with Crippen molar-refractivity contribution < 1.29 is 4.74 Å². The third kappa shape index (κ3) is 5.06. The number of hydrogen-bond donors (Lipinski definition) is 2. The molecule has 0 fully saturated rings. The second-order valence-corrected chi connectivity index (χ2v) is 4.91. The van der Waals surface area contributed by atoms with E-state index < -0.39 is 0 Å². The highest BCUT2D eigenvalue weighted by atomic mass is 79.9. The fourth-order valence-corrected chi connectivity index (χ4v) is 2.13. The van der Waals surface area contributed by atoms with Gasteiger partial charge in [-0.2, -0.15) is 0 Å². The lowest BCUT2D eigenvalue weighted by Gasteiger charge is -2.14. The topological polar surface area (TPSA) is 33.3 Å². The van der Waals surface area contributed by atoms with Crippen molar-refractivity contribution in [1.82, 2.24) is 10.6 Å². The predicted molar refractivity (Wildman–Crippen MR) is 75.5 cm³/mol. The fourth-order valence-electron chi connectivity index (χ4n) is 1.54. The summed E-state index contributed by atoms with van der Waals surface area (Å²) >= 11 is 3.49. The number of ether oxygens (including phenoxy) is 1. The predicted octanol–water partition coefficient (Wildman–Crippen LogP) is 2.55. The van der Waals surface area contributed by atoms with Crippen LogP contribution in [0, 0.1) is 0 Å². The van der Waals surface area contributed by atoms with Crippen molar-refractivity contribution in [2.24, 2.45) is 0 Å². The van der Waals surface area contributed by atoms with Crippen molar-refractivity contribution in [3.63, 3.8) is 0 Å². The molecular formula is C13H21BrN2O. The van der Waals surface area contributed by atoms with Crippen LogP contribution in [0.2, 0.25) is 0 Å². The van der Waals surface area contributed by atoms with Crippen LogP contribution in [0.4, 0.5) is 0 Å². The molecule has 1 aromatic carbocycles. The molecule has 0 amide bonds. The molecule has 0 radical (unpaired) electrons. The molecule has 1 atom stereocenters. The average Bonchev–Trinajstić information content (AvgIpc) is 2.34. The first kappa shape index (κ1) is 14.5. The van der Waals surface area contributed by atoms with Gasteiger partial charge in [-0.25, -0.2) is 0 Å². The Morgan fingerprint density at radius 2 is 2.18 bits per heavy atom. The minimum absolute atomic E-state index is 0.468. The van der Waals surface area contributed by atoms with Crippen molar-refractivity contribution >= 4 is 15.9 Å². The van der Waals surface area contributed by atoms with E-state index in [-0.39, 0.29) is 0 Å². The highest BCUT2D eigenvalue weighted by molar-refractivity contribution is 9.10. The summed E-state index contributed by atoms with van der Waals surface area (Å²) in [6.07, 6.45) is 0. The quantitative estimate of drug-likeness (QED) is 0.812. The van der Waals surface area contributed by atoms with Crippen LogP contribution < -0.4 is 15.4 Å². The SMILES string of the molecule is CCNCC(C)NCc1ccc(OC)c(Br)c1. The molecule has 0 aliphatic carbocycles. The summed E-state index contributed by atoms with van der Waals surface area (Å²) in [6.45, 7) is 7.18. The number of methoxy groups -OCH3 is 1. The Hall–Kier alpha value is -0.580. The number of rotatable bonds is 7. The summed E-state index contributed by atoms with van der Waals surface area (Å²) < 4.78 is 6.20. The van der Waals surface area contributed by atoms with E-state index in [1.165, 1.54) is 5.56 Å². The smallest absolute Gasteiger partial charge is 0.133 e. The van der Waals surface area contributed by atoms with Gasteiger partial charge in [-0.1, -0.05) is 13.0 Å². The molecule has 0 saturated carbocycles. The van der Waals surface area contributed by atoms with Crippen LogP contribution in [-0.4, -0.2) is 26.2 Å². The average molecular weight is 301 g/mol. The number of likely N-dealkylation sites (N-methyl/N-ethyl adjacent to an activating group) is 1. The van der Waals surface area contributed by atoms with Gasteiger partial charge in [-0.05, 0) is 47.1 Å². The maximum Gasteiger partial charge on any atom is 0.133 e. The molecule has 1 aromatic rings. The minimum Gasteiger partial charge on any atom is -0.496 e. The fraction of sp³-hybridized carbons (Fsp3) is 0.538. The van der Waals surface area contributed by atoms with E-state index in [9.17, 15) is 0 Å². The van der Waals surface area contributed by atoms with Crippen LogP contribution in [0.25, 0.3) is 0 Å². The number of hydrogen-bond acceptors (Lipinski definition) is 3. The minimum atomic E-state index is 0.468. The Morgan fingerprint density at radius 1 is 1.41 bits per heavy atom. The number of benzene rings is 1. The van der Waals surface area contributed by atoms with Crippen molar-refractivity contribution in [2.45, 2.75) is 26.4 Å². The van der Waals surface area contributed by atoms with Crippen LogP contribution >= 0.6 is 15.9 Å². The van der Waals surface area contributed by atoms with Crippen LogP contribution in [0.1, 0.15) is 19.4 Å². The standard InChI is InChI=1S/C13H21BrN2O/c1-4-15-8-10(2)16-9-11-5-6-13(17-3)12(14)7-11/h5-7,10,15-16H,4,8-9H2,1-3H3. The van der Waals surface area contributed by atoms with Crippen LogP contribution in [-0.2, 0) is 6.54 Å². The van der Waals surface area contributed by atoms with Gasteiger partial charge in [0.15, 0.2) is 0 Å². The third-order valence-electron chi connectivity index (χ3n) is 2.57. The monoisotopic (exact) mass is 300 g/mol. The van der Waals surface area contributed by atoms with Gasteiger partial charge in [-0.15, -0.1) is 0 Å². The summed E-state index contributed by atoms with van der Waals surface area (Å²) in [6, 6.07) is 6.62. The van der Waals surface area contributed by atoms with E-state index in [1.807, 2.05) is 6.07 Å². The Bertz CT molecular complexity index is 344. The number of nitrogens with one attached hydrogen (secondary N) is 2. The first-order valence-electron chi connectivity index (χ1n) is 5.93. The highest BCUT2D eigenvalue weighted by Crippen LogP contribution is 2.25. The molecule has 96 valence electrons. The van der Waals surface area contributed by atoms with E-state index in [0.717, 1.165) is 29.9 Å². The number of halogens is 1. The summed E-state index contributed by atoms with van der Waals surface area (Å²) in [4.78, 5) is 0. The van der Waals surface area contributed by atoms with Crippen molar-refractivity contribution in [1.29, 1.82) is 0 Å². The molecule has 4 heteroatoms. The zero-order valence-corrected chi connectivity index (χ0v) is 12.3. The summed E-state index contributed by atoms with van der Waals surface area (Å²) in [5, 5.41) is 6.80. The Morgan fingerprint density at radius 3 is 2.76 bits per heavy atom. The lowest BCUT2D eigenvalue weighted by atomic mass is 10.2. The van der Waals surface area contributed by atoms with Crippen molar-refractivity contribution in [3.8, 4) is 5.75 Å². The van der Waals surface area contributed by atoms with Gasteiger partial charge >= 0.3 is 0 Å². The van der Waals surface area contributed by atoms with Gasteiger partial charge < -0.3 is 15.4 Å². The van der Waals surface area contributed by atoms with E-state index >= 15 is 0 Å². The van der Waals surface area contributed by atoms with Gasteiger partial charge in [0.2, 0.25) is 0 Å². The molecule has 0 bridgehead atoms. The lowest BCUT2D eigenvalue weighted by molar-refractivity contribution is 0.412. The molecule has 0 saturated heterocycles. The Labute approximate surface area is 112 Å². The maximum absolute atomic E-state index is 5.20. The molecule has 0 heterocycles. The van der Waals surface area contributed by atoms with Gasteiger partial charge in [-0.3, -0.25) is 0 Å². The van der Waals surface area contributed by atoms with E-state index in [1.54, 1.807) is 7.11 Å². The van der Waals surface area contributed by atoms with Gasteiger partial charge in [0.25, 0.3) is 0 Å². The first-order valence-corrected chi connectivity index (χ1v) is 6.73. The molecule has 1 unspecified atom stereocenters. The second kappa shape index (κ2) is 7.69. The molecule has 3 nitrogen and oxygen atoms in total. The lowest BCUT2D eigenvalue weighted by Crippen LogP contribution is -2.35. The molecular weight excluding hydrogens is 280 g/mol. The summed E-state index contributed by atoms with van der Waals surface area (Å²) in [5.41, 5.74) is 1.25. The largest absolute Gasteiger partial charge is 0.496 e. The van der Waals surface area contributed by atoms with E-state index in [0.29, 0.717) is 6.04 Å². The summed E-state index contributed by atoms with van der Waals surface area (Å²) in [7, 11) is 1.68. The Kier molecular flexibility index (Phi) is 6.55. The highest BCUT2D eigenvalue weighted by Gasteiger charge is 2.03. The molecule has 0 aliphatic rings. The molecule has 2 N–H and O–H groups in total. The van der Waals surface area contributed by atoms with Gasteiger partial charge in [0.1, 0.15) is 5.75 Å². The second-order valence-electron chi connectivity index (χ2n) is 4.06. The Balaban J connectivity index is 2.44. The van der Waals surface area contributed by atoms with Crippen LogP contribution in [0.5, 0.6) is 5.75 Å². The first-order chi connectivity index (χ1) is 8.17. The van der Waals surface area contributed by atoms with E-state index in [2.05, 4.69) is 52.5 Å². The normalized spacial score (nSPS) is 12.5. The molecule has 0 aromatic heterocycles. The molecule has 0 aliphatic heterocycles. The zero-order valence-electron chi connectivity index (χ0n) is 10.7. The molecule has 1 rings (SSSR count). The van der Waals surface area contributed by atoms with Crippen LogP contribution in [0.15, 0.2) is 22.7 Å². The van der Waals surface area contributed by atoms with Gasteiger partial charge in [0.05, 0.1) is 11.6 Å². The molecule has 0 spiro atoms. The van der Waals surface area contributed by atoms with E-state index in [4.69, 9.17) is 4.74 Å². The third-order valence-corrected chi connectivity index (χ3v) is 3.19.